The Kier molecular flexibility index (Phi) is 5.89. The van der Waals surface area contributed by atoms with Gasteiger partial charge < -0.3 is 4.90 Å². The van der Waals surface area contributed by atoms with Gasteiger partial charge in [0.2, 0.25) is 10.0 Å². The molecule has 2 aliphatic heterocycles. The number of amides is 1. The van der Waals surface area contributed by atoms with Crippen LogP contribution in [0.3, 0.4) is 0 Å². The van der Waals surface area contributed by atoms with Crippen molar-refractivity contribution in [3.05, 3.63) is 52.5 Å². The highest BCUT2D eigenvalue weighted by Gasteiger charge is 2.31. The SMILES string of the molecule is CS(=O)(=O)c1ccc(Cl)c(C(=O)N2CCc3cc(S(=O)(=O)N4CCCCC4)ccc32)c1. The van der Waals surface area contributed by atoms with E-state index in [0.29, 0.717) is 31.7 Å². The molecule has 2 aliphatic rings. The normalized spacial score (nSPS) is 17.5. The zero-order valence-corrected chi connectivity index (χ0v) is 19.4. The number of anilines is 1. The third-order valence-electron chi connectivity index (χ3n) is 5.74. The standard InChI is InChI=1S/C21H23ClN2O5S2/c1-30(26,27)16-5-7-19(22)18(14-16)21(25)24-12-9-15-13-17(6-8-20(15)24)31(28,29)23-10-3-2-4-11-23/h5-8,13-14H,2-4,9-12H2,1H3. The van der Waals surface area contributed by atoms with Gasteiger partial charge >= 0.3 is 0 Å². The van der Waals surface area contributed by atoms with E-state index in [4.69, 9.17) is 11.6 Å². The van der Waals surface area contributed by atoms with Crippen molar-refractivity contribution in [3.8, 4) is 0 Å². The number of carbonyl (C=O) groups is 1. The molecule has 0 unspecified atom stereocenters. The maximum Gasteiger partial charge on any atom is 0.259 e. The second-order valence-corrected chi connectivity index (χ2v) is 12.2. The summed E-state index contributed by atoms with van der Waals surface area (Å²) in [6, 6.07) is 8.86. The van der Waals surface area contributed by atoms with Gasteiger partial charge in [-0.15, -0.1) is 0 Å². The molecule has 0 N–H and O–H groups in total. The van der Waals surface area contributed by atoms with Crippen molar-refractivity contribution in [1.82, 2.24) is 4.31 Å². The smallest absolute Gasteiger partial charge is 0.259 e. The van der Waals surface area contributed by atoms with Crippen LogP contribution in [-0.4, -0.2) is 52.9 Å². The van der Waals surface area contributed by atoms with E-state index >= 15 is 0 Å². The topological polar surface area (TPSA) is 91.8 Å². The fourth-order valence-corrected chi connectivity index (χ4v) is 6.46. The maximum atomic E-state index is 13.2. The molecular formula is C21H23ClN2O5S2. The zero-order valence-electron chi connectivity index (χ0n) is 17.0. The lowest BCUT2D eigenvalue weighted by atomic mass is 10.1. The van der Waals surface area contributed by atoms with Gasteiger partial charge in [0.15, 0.2) is 9.84 Å². The first kappa shape index (κ1) is 22.3. The Morgan fingerprint density at radius 3 is 2.26 bits per heavy atom. The number of nitrogens with zero attached hydrogens (tertiary/aromatic N) is 2. The number of hydrogen-bond donors (Lipinski definition) is 0. The second kappa shape index (κ2) is 8.20. The van der Waals surface area contributed by atoms with Crippen LogP contribution in [-0.2, 0) is 26.3 Å². The van der Waals surface area contributed by atoms with Crippen LogP contribution < -0.4 is 4.90 Å². The molecule has 0 saturated carbocycles. The molecule has 1 fully saturated rings. The number of sulfonamides is 1. The monoisotopic (exact) mass is 482 g/mol. The Morgan fingerprint density at radius 1 is 0.903 bits per heavy atom. The predicted octanol–water partition coefficient (Wildman–Crippen LogP) is 3.12. The van der Waals surface area contributed by atoms with Crippen LogP contribution in [0.1, 0.15) is 35.2 Å². The molecule has 2 aromatic rings. The summed E-state index contributed by atoms with van der Waals surface area (Å²) in [5, 5.41) is 0.162. The lowest BCUT2D eigenvalue weighted by molar-refractivity contribution is 0.0989. The van der Waals surface area contributed by atoms with Crippen molar-refractivity contribution in [1.29, 1.82) is 0 Å². The van der Waals surface area contributed by atoms with Gasteiger partial charge in [0, 0.05) is 31.6 Å². The van der Waals surface area contributed by atoms with Gasteiger partial charge in [-0.3, -0.25) is 4.79 Å². The van der Waals surface area contributed by atoms with Gasteiger partial charge in [-0.05, 0) is 61.2 Å². The summed E-state index contributed by atoms with van der Waals surface area (Å²) in [6.45, 7) is 1.42. The van der Waals surface area contributed by atoms with Gasteiger partial charge in [0.1, 0.15) is 0 Å². The molecule has 4 rings (SSSR count). The Bertz CT molecular complexity index is 1250. The van der Waals surface area contributed by atoms with Gasteiger partial charge in [-0.25, -0.2) is 16.8 Å². The summed E-state index contributed by atoms with van der Waals surface area (Å²) < 4.78 is 51.2. The summed E-state index contributed by atoms with van der Waals surface area (Å²) in [4.78, 5) is 14.9. The van der Waals surface area contributed by atoms with Gasteiger partial charge in [-0.2, -0.15) is 4.31 Å². The van der Waals surface area contributed by atoms with Crippen molar-refractivity contribution < 1.29 is 21.6 Å². The molecule has 31 heavy (non-hydrogen) atoms. The van der Waals surface area contributed by atoms with Gasteiger partial charge in [-0.1, -0.05) is 18.0 Å². The first-order chi connectivity index (χ1) is 14.6. The second-order valence-electron chi connectivity index (χ2n) is 7.88. The Hall–Kier alpha value is -1.94. The van der Waals surface area contributed by atoms with Crippen LogP contribution in [0.2, 0.25) is 5.02 Å². The molecule has 2 heterocycles. The highest BCUT2D eigenvalue weighted by Crippen LogP contribution is 2.34. The number of fused-ring (bicyclic) bond motifs is 1. The van der Waals surface area contributed by atoms with E-state index in [0.717, 1.165) is 31.1 Å². The molecule has 1 saturated heterocycles. The van der Waals surface area contributed by atoms with E-state index in [1.54, 1.807) is 12.1 Å². The molecule has 0 bridgehead atoms. The van der Waals surface area contributed by atoms with Crippen molar-refractivity contribution in [2.75, 3.05) is 30.8 Å². The largest absolute Gasteiger partial charge is 0.308 e. The Balaban J connectivity index is 1.65. The molecule has 0 radical (unpaired) electrons. The van der Waals surface area contributed by atoms with Crippen LogP contribution >= 0.6 is 11.6 Å². The minimum Gasteiger partial charge on any atom is -0.308 e. The third kappa shape index (κ3) is 4.24. The van der Waals surface area contributed by atoms with E-state index in [1.165, 1.54) is 33.5 Å². The third-order valence-corrected chi connectivity index (χ3v) is 9.08. The van der Waals surface area contributed by atoms with E-state index in [2.05, 4.69) is 0 Å². The minimum atomic E-state index is -3.56. The number of carbonyl (C=O) groups excluding carboxylic acids is 1. The number of rotatable bonds is 4. The van der Waals surface area contributed by atoms with E-state index in [1.807, 2.05) is 0 Å². The predicted molar refractivity (Wildman–Crippen MR) is 119 cm³/mol. The number of piperidine rings is 1. The van der Waals surface area contributed by atoms with Crippen molar-refractivity contribution in [2.24, 2.45) is 0 Å². The molecule has 1 amide bonds. The fraction of sp³-hybridized carbons (Fsp3) is 0.381. The minimum absolute atomic E-state index is 0.0163. The van der Waals surface area contributed by atoms with Gasteiger partial charge in [0.25, 0.3) is 5.91 Å². The first-order valence-corrected chi connectivity index (χ1v) is 13.7. The molecule has 0 aliphatic carbocycles. The average Bonchev–Trinajstić information content (AvgIpc) is 3.16. The summed E-state index contributed by atoms with van der Waals surface area (Å²) >= 11 is 6.19. The zero-order chi connectivity index (χ0) is 22.4. The molecule has 0 spiro atoms. The fourth-order valence-electron chi connectivity index (χ4n) is 4.05. The molecule has 10 heteroatoms. The van der Waals surface area contributed by atoms with Crippen molar-refractivity contribution >= 4 is 43.1 Å². The summed E-state index contributed by atoms with van der Waals surface area (Å²) in [5.74, 6) is -0.416. The maximum absolute atomic E-state index is 13.2. The lowest BCUT2D eigenvalue weighted by Crippen LogP contribution is -2.35. The molecule has 0 atom stereocenters. The molecule has 166 valence electrons. The summed E-state index contributed by atoms with van der Waals surface area (Å²) in [6.07, 6.45) is 4.34. The van der Waals surface area contributed by atoms with E-state index in [9.17, 15) is 21.6 Å². The Labute approximate surface area is 187 Å². The molecule has 7 nitrogen and oxygen atoms in total. The molecular weight excluding hydrogens is 460 g/mol. The summed E-state index contributed by atoms with van der Waals surface area (Å²) in [5.41, 5.74) is 1.48. The van der Waals surface area contributed by atoms with Crippen LogP contribution in [0.5, 0.6) is 0 Å². The van der Waals surface area contributed by atoms with E-state index < -0.39 is 25.8 Å². The van der Waals surface area contributed by atoms with Crippen LogP contribution in [0, 0.1) is 0 Å². The quantitative estimate of drug-likeness (QED) is 0.667. The molecule has 0 aromatic heterocycles. The highest BCUT2D eigenvalue weighted by atomic mass is 35.5. The van der Waals surface area contributed by atoms with Crippen LogP contribution in [0.4, 0.5) is 5.69 Å². The van der Waals surface area contributed by atoms with Crippen LogP contribution in [0.15, 0.2) is 46.2 Å². The average molecular weight is 483 g/mol. The number of benzene rings is 2. The van der Waals surface area contributed by atoms with Crippen LogP contribution in [0.25, 0.3) is 0 Å². The lowest BCUT2D eigenvalue weighted by Gasteiger charge is -2.26. The summed E-state index contributed by atoms with van der Waals surface area (Å²) in [7, 11) is -7.05. The molecule has 2 aromatic carbocycles. The van der Waals surface area contributed by atoms with E-state index in [-0.39, 0.29) is 20.4 Å². The van der Waals surface area contributed by atoms with Gasteiger partial charge in [0.05, 0.1) is 20.4 Å². The first-order valence-electron chi connectivity index (χ1n) is 10.0. The number of sulfone groups is 1. The number of halogens is 1. The Morgan fingerprint density at radius 2 is 1.58 bits per heavy atom. The van der Waals surface area contributed by atoms with Crippen molar-refractivity contribution in [3.63, 3.8) is 0 Å². The number of hydrogen-bond acceptors (Lipinski definition) is 5. The van der Waals surface area contributed by atoms with Crippen molar-refractivity contribution in [2.45, 2.75) is 35.5 Å². The highest BCUT2D eigenvalue weighted by molar-refractivity contribution is 7.90.